The number of aromatic nitrogens is 2. The standard InChI is InChI=1S/C17H12F4N2O2/c18-14-3-1-2-13-15(14)22-10-23-16(13)24-9-8-11-4-6-12(7-5-11)25-17(19,20)21/h1-7,10H,8-9H2. The van der Waals surface area contributed by atoms with E-state index in [1.54, 1.807) is 6.07 Å². The lowest BCUT2D eigenvalue weighted by Crippen LogP contribution is -2.17. The average Bonchev–Trinajstić information content (AvgIpc) is 2.56. The van der Waals surface area contributed by atoms with E-state index in [1.165, 1.54) is 42.7 Å². The van der Waals surface area contributed by atoms with Gasteiger partial charge in [0.25, 0.3) is 0 Å². The van der Waals surface area contributed by atoms with E-state index in [1.807, 2.05) is 0 Å². The van der Waals surface area contributed by atoms with Crippen LogP contribution in [0.2, 0.25) is 0 Å². The van der Waals surface area contributed by atoms with Gasteiger partial charge >= 0.3 is 6.36 Å². The van der Waals surface area contributed by atoms with Gasteiger partial charge in [0.1, 0.15) is 23.4 Å². The van der Waals surface area contributed by atoms with Crippen LogP contribution in [-0.4, -0.2) is 22.9 Å². The minimum absolute atomic E-state index is 0.168. The zero-order valence-corrected chi connectivity index (χ0v) is 12.8. The van der Waals surface area contributed by atoms with Crippen molar-refractivity contribution < 1.29 is 27.0 Å². The predicted octanol–water partition coefficient (Wildman–Crippen LogP) is 4.29. The largest absolute Gasteiger partial charge is 0.573 e. The smallest absolute Gasteiger partial charge is 0.477 e. The molecule has 0 N–H and O–H groups in total. The maximum atomic E-state index is 13.7. The summed E-state index contributed by atoms with van der Waals surface area (Å²) in [6, 6.07) is 9.98. The number of para-hydroxylation sites is 1. The summed E-state index contributed by atoms with van der Waals surface area (Å²) < 4.78 is 59.4. The Balaban J connectivity index is 1.63. The summed E-state index contributed by atoms with van der Waals surface area (Å²) >= 11 is 0. The molecule has 1 aromatic heterocycles. The molecule has 3 rings (SSSR count). The second kappa shape index (κ2) is 6.92. The molecule has 0 aliphatic heterocycles. The van der Waals surface area contributed by atoms with Crippen LogP contribution in [0.3, 0.4) is 0 Å². The van der Waals surface area contributed by atoms with Gasteiger partial charge in [-0.1, -0.05) is 18.2 Å². The topological polar surface area (TPSA) is 44.2 Å². The maximum Gasteiger partial charge on any atom is 0.573 e. The van der Waals surface area contributed by atoms with Crippen LogP contribution < -0.4 is 9.47 Å². The third kappa shape index (κ3) is 4.34. The van der Waals surface area contributed by atoms with Crippen molar-refractivity contribution in [1.82, 2.24) is 9.97 Å². The third-order valence-corrected chi connectivity index (χ3v) is 3.37. The zero-order valence-electron chi connectivity index (χ0n) is 12.8. The number of hydrogen-bond donors (Lipinski definition) is 0. The molecule has 0 saturated heterocycles. The molecular formula is C17H12F4N2O2. The van der Waals surface area contributed by atoms with E-state index in [4.69, 9.17) is 4.74 Å². The zero-order chi connectivity index (χ0) is 17.9. The van der Waals surface area contributed by atoms with Crippen molar-refractivity contribution in [2.45, 2.75) is 12.8 Å². The molecule has 0 atom stereocenters. The number of halogens is 4. The lowest BCUT2D eigenvalue weighted by Gasteiger charge is -2.10. The molecule has 3 aromatic rings. The van der Waals surface area contributed by atoms with E-state index in [2.05, 4.69) is 14.7 Å². The molecule has 0 bridgehead atoms. The highest BCUT2D eigenvalue weighted by Gasteiger charge is 2.30. The third-order valence-electron chi connectivity index (χ3n) is 3.37. The summed E-state index contributed by atoms with van der Waals surface area (Å²) in [6.45, 7) is 0.224. The van der Waals surface area contributed by atoms with Crippen molar-refractivity contribution >= 4 is 10.9 Å². The summed E-state index contributed by atoms with van der Waals surface area (Å²) in [5.74, 6) is -0.499. The number of ether oxygens (including phenoxy) is 2. The molecule has 0 aliphatic carbocycles. The van der Waals surface area contributed by atoms with Crippen LogP contribution in [0.5, 0.6) is 11.6 Å². The Bertz CT molecular complexity index is 867. The van der Waals surface area contributed by atoms with Crippen molar-refractivity contribution in [3.05, 3.63) is 60.2 Å². The Labute approximate surface area is 140 Å². The van der Waals surface area contributed by atoms with E-state index in [-0.39, 0.29) is 23.8 Å². The van der Waals surface area contributed by atoms with Gasteiger partial charge in [0.15, 0.2) is 0 Å². The minimum atomic E-state index is -4.71. The quantitative estimate of drug-likeness (QED) is 0.643. The number of alkyl halides is 3. The van der Waals surface area contributed by atoms with Gasteiger partial charge in [0, 0.05) is 6.42 Å². The molecule has 0 saturated carbocycles. The van der Waals surface area contributed by atoms with Crippen LogP contribution in [0.1, 0.15) is 5.56 Å². The summed E-state index contributed by atoms with van der Waals surface area (Å²) in [4.78, 5) is 7.86. The van der Waals surface area contributed by atoms with Crippen molar-refractivity contribution in [2.75, 3.05) is 6.61 Å². The molecule has 1 heterocycles. The number of nitrogens with zero attached hydrogens (tertiary/aromatic N) is 2. The highest BCUT2D eigenvalue weighted by Crippen LogP contribution is 2.24. The van der Waals surface area contributed by atoms with Crippen LogP contribution in [0, 0.1) is 5.82 Å². The van der Waals surface area contributed by atoms with Crippen LogP contribution in [0.15, 0.2) is 48.8 Å². The number of hydrogen-bond acceptors (Lipinski definition) is 4. The van der Waals surface area contributed by atoms with E-state index >= 15 is 0 Å². The fourth-order valence-electron chi connectivity index (χ4n) is 2.27. The Morgan fingerprint density at radius 3 is 2.44 bits per heavy atom. The van der Waals surface area contributed by atoms with Gasteiger partial charge in [-0.2, -0.15) is 0 Å². The summed E-state index contributed by atoms with van der Waals surface area (Å²) in [6.07, 6.45) is -3.06. The molecular weight excluding hydrogens is 340 g/mol. The second-order valence-corrected chi connectivity index (χ2v) is 5.11. The number of fused-ring (bicyclic) bond motifs is 1. The molecule has 0 spiro atoms. The first-order chi connectivity index (χ1) is 11.9. The van der Waals surface area contributed by atoms with Crippen LogP contribution in [-0.2, 0) is 6.42 Å². The molecule has 0 unspecified atom stereocenters. The summed E-state index contributed by atoms with van der Waals surface area (Å²) in [7, 11) is 0. The molecule has 4 nitrogen and oxygen atoms in total. The highest BCUT2D eigenvalue weighted by atomic mass is 19.4. The first-order valence-corrected chi connectivity index (χ1v) is 7.29. The van der Waals surface area contributed by atoms with Gasteiger partial charge in [-0.15, -0.1) is 13.2 Å². The lowest BCUT2D eigenvalue weighted by atomic mass is 10.1. The molecule has 0 amide bonds. The normalized spacial score (nSPS) is 11.5. The highest BCUT2D eigenvalue weighted by molar-refractivity contribution is 5.83. The van der Waals surface area contributed by atoms with E-state index < -0.39 is 12.2 Å². The second-order valence-electron chi connectivity index (χ2n) is 5.11. The maximum absolute atomic E-state index is 13.7. The molecule has 25 heavy (non-hydrogen) atoms. The minimum Gasteiger partial charge on any atom is -0.477 e. The summed E-state index contributed by atoms with van der Waals surface area (Å²) in [5.41, 5.74) is 0.931. The first-order valence-electron chi connectivity index (χ1n) is 7.29. The van der Waals surface area contributed by atoms with Crippen molar-refractivity contribution in [3.8, 4) is 11.6 Å². The molecule has 8 heteroatoms. The van der Waals surface area contributed by atoms with E-state index in [0.717, 1.165) is 5.56 Å². The van der Waals surface area contributed by atoms with Gasteiger partial charge in [0.05, 0.1) is 12.0 Å². The van der Waals surface area contributed by atoms with Gasteiger partial charge in [-0.3, -0.25) is 0 Å². The van der Waals surface area contributed by atoms with Gasteiger partial charge < -0.3 is 9.47 Å². The van der Waals surface area contributed by atoms with Gasteiger partial charge in [-0.05, 0) is 29.8 Å². The number of benzene rings is 2. The van der Waals surface area contributed by atoms with Gasteiger partial charge in [-0.25, -0.2) is 14.4 Å². The predicted molar refractivity (Wildman–Crippen MR) is 81.8 cm³/mol. The van der Waals surface area contributed by atoms with Crippen LogP contribution >= 0.6 is 0 Å². The van der Waals surface area contributed by atoms with Crippen LogP contribution in [0.25, 0.3) is 10.9 Å². The Morgan fingerprint density at radius 2 is 1.72 bits per heavy atom. The van der Waals surface area contributed by atoms with Crippen molar-refractivity contribution in [2.24, 2.45) is 0 Å². The molecule has 0 fully saturated rings. The Kier molecular flexibility index (Phi) is 4.69. The molecule has 0 aliphatic rings. The molecule has 0 radical (unpaired) electrons. The van der Waals surface area contributed by atoms with Crippen LogP contribution in [0.4, 0.5) is 17.6 Å². The fourth-order valence-corrected chi connectivity index (χ4v) is 2.27. The Hall–Kier alpha value is -2.90. The number of rotatable bonds is 5. The molecule has 130 valence electrons. The average molecular weight is 352 g/mol. The van der Waals surface area contributed by atoms with Crippen molar-refractivity contribution in [3.63, 3.8) is 0 Å². The summed E-state index contributed by atoms with van der Waals surface area (Å²) in [5, 5.41) is 0.455. The van der Waals surface area contributed by atoms with E-state index in [9.17, 15) is 17.6 Å². The SMILES string of the molecule is Fc1cccc2c(OCCc3ccc(OC(F)(F)F)cc3)ncnc12. The lowest BCUT2D eigenvalue weighted by molar-refractivity contribution is -0.274. The monoisotopic (exact) mass is 352 g/mol. The molecule has 2 aromatic carbocycles. The van der Waals surface area contributed by atoms with Crippen molar-refractivity contribution in [1.29, 1.82) is 0 Å². The Morgan fingerprint density at radius 1 is 0.960 bits per heavy atom. The first kappa shape index (κ1) is 16.9. The van der Waals surface area contributed by atoms with E-state index in [0.29, 0.717) is 11.8 Å². The fraction of sp³-hybridized carbons (Fsp3) is 0.176. The van der Waals surface area contributed by atoms with Gasteiger partial charge in [0.2, 0.25) is 5.88 Å².